The molecular formula is C25H32N2O3S. The fraction of sp³-hybridized carbons (Fsp3) is 0.480. The van der Waals surface area contributed by atoms with Crippen LogP contribution in [-0.4, -0.2) is 31.7 Å². The van der Waals surface area contributed by atoms with Gasteiger partial charge >= 0.3 is 0 Å². The predicted octanol–water partition coefficient (Wildman–Crippen LogP) is 3.90. The van der Waals surface area contributed by atoms with Crippen molar-refractivity contribution in [2.75, 3.05) is 13.1 Å². The molecule has 31 heavy (non-hydrogen) atoms. The van der Waals surface area contributed by atoms with E-state index in [4.69, 9.17) is 0 Å². The van der Waals surface area contributed by atoms with E-state index in [0.717, 1.165) is 29.5 Å². The maximum absolute atomic E-state index is 12.9. The molecule has 5 nitrogen and oxygen atoms in total. The number of nitrogens with zero attached hydrogens (tertiary/aromatic N) is 1. The maximum atomic E-state index is 12.9. The normalized spacial score (nSPS) is 18.5. The molecule has 1 unspecified atom stereocenters. The number of benzene rings is 2. The fourth-order valence-corrected chi connectivity index (χ4v) is 6.40. The average molecular weight is 441 g/mol. The second-order valence-electron chi connectivity index (χ2n) is 8.97. The van der Waals surface area contributed by atoms with E-state index in [2.05, 4.69) is 23.5 Å². The lowest BCUT2D eigenvalue weighted by atomic mass is 9.96. The maximum Gasteiger partial charge on any atom is 0.223 e. The first kappa shape index (κ1) is 22.0. The number of piperidine rings is 1. The van der Waals surface area contributed by atoms with Crippen LogP contribution >= 0.6 is 0 Å². The van der Waals surface area contributed by atoms with E-state index in [1.807, 2.05) is 38.1 Å². The van der Waals surface area contributed by atoms with E-state index < -0.39 is 10.0 Å². The van der Waals surface area contributed by atoms with Gasteiger partial charge in [0, 0.05) is 19.0 Å². The van der Waals surface area contributed by atoms with E-state index in [1.165, 1.54) is 17.5 Å². The first-order chi connectivity index (χ1) is 14.8. The molecule has 1 aliphatic heterocycles. The topological polar surface area (TPSA) is 66.5 Å². The number of hydrogen-bond donors (Lipinski definition) is 1. The highest BCUT2D eigenvalue weighted by Crippen LogP contribution is 2.27. The summed E-state index contributed by atoms with van der Waals surface area (Å²) in [6.45, 7) is 4.76. The van der Waals surface area contributed by atoms with Crippen molar-refractivity contribution in [2.45, 2.75) is 57.7 Å². The van der Waals surface area contributed by atoms with Gasteiger partial charge in [-0.05, 0) is 73.8 Å². The molecule has 1 saturated heterocycles. The molecule has 1 fully saturated rings. The summed E-state index contributed by atoms with van der Waals surface area (Å²) < 4.78 is 27.3. The Labute approximate surface area is 185 Å². The standard InChI is InChI=1S/C25H32N2O3S/c1-18-6-3-4-7-24(18)17-31(29,30)27-14-12-21(13-15-27)25(28)26-19(2)22-11-10-20-8-5-9-23(20)16-22/h3-4,6-7,10-11,16,19,21H,5,8-9,12-15,17H2,1-2H3,(H,26,28). The highest BCUT2D eigenvalue weighted by molar-refractivity contribution is 7.88. The van der Waals surface area contributed by atoms with Crippen molar-refractivity contribution in [3.8, 4) is 0 Å². The van der Waals surface area contributed by atoms with E-state index in [0.29, 0.717) is 25.9 Å². The Bertz CT molecular complexity index is 1060. The molecule has 2 aliphatic rings. The van der Waals surface area contributed by atoms with E-state index in [-0.39, 0.29) is 23.6 Å². The van der Waals surface area contributed by atoms with Gasteiger partial charge in [0.25, 0.3) is 0 Å². The summed E-state index contributed by atoms with van der Waals surface area (Å²) >= 11 is 0. The molecule has 4 rings (SSSR count). The zero-order chi connectivity index (χ0) is 22.0. The SMILES string of the molecule is Cc1ccccc1CS(=O)(=O)N1CCC(C(=O)NC(C)c2ccc3c(c2)CCC3)CC1. The Morgan fingerprint density at radius 3 is 2.55 bits per heavy atom. The Kier molecular flexibility index (Phi) is 6.49. The summed E-state index contributed by atoms with van der Waals surface area (Å²) in [4.78, 5) is 12.8. The number of aryl methyl sites for hydroxylation is 3. The number of carbonyl (C=O) groups is 1. The summed E-state index contributed by atoms with van der Waals surface area (Å²) in [5.74, 6) is -0.0861. The number of carbonyl (C=O) groups excluding carboxylic acids is 1. The molecule has 2 aromatic carbocycles. The fourth-order valence-electron chi connectivity index (χ4n) is 4.73. The quantitative estimate of drug-likeness (QED) is 0.741. The van der Waals surface area contributed by atoms with Crippen LogP contribution < -0.4 is 5.32 Å². The average Bonchev–Trinajstić information content (AvgIpc) is 3.23. The Hall–Kier alpha value is -2.18. The van der Waals surface area contributed by atoms with Crippen LogP contribution in [0.25, 0.3) is 0 Å². The summed E-state index contributed by atoms with van der Waals surface area (Å²) in [6.07, 6.45) is 4.62. The smallest absolute Gasteiger partial charge is 0.223 e. The van der Waals surface area contributed by atoms with Crippen LogP contribution in [-0.2, 0) is 33.4 Å². The second kappa shape index (κ2) is 9.13. The molecule has 0 bridgehead atoms. The van der Waals surface area contributed by atoms with Crippen LogP contribution in [0.2, 0.25) is 0 Å². The number of sulfonamides is 1. The minimum Gasteiger partial charge on any atom is -0.349 e. The van der Waals surface area contributed by atoms with Gasteiger partial charge in [0.2, 0.25) is 15.9 Å². The first-order valence-electron chi connectivity index (χ1n) is 11.3. The lowest BCUT2D eigenvalue weighted by Crippen LogP contribution is -2.43. The van der Waals surface area contributed by atoms with Crippen molar-refractivity contribution >= 4 is 15.9 Å². The monoisotopic (exact) mass is 440 g/mol. The van der Waals surface area contributed by atoms with Crippen molar-refractivity contribution in [1.29, 1.82) is 0 Å². The lowest BCUT2D eigenvalue weighted by Gasteiger charge is -2.31. The van der Waals surface area contributed by atoms with Gasteiger partial charge in [-0.15, -0.1) is 0 Å². The highest BCUT2D eigenvalue weighted by atomic mass is 32.2. The zero-order valence-corrected chi connectivity index (χ0v) is 19.2. The van der Waals surface area contributed by atoms with E-state index >= 15 is 0 Å². The minimum atomic E-state index is -3.38. The Morgan fingerprint density at radius 2 is 1.81 bits per heavy atom. The third-order valence-electron chi connectivity index (χ3n) is 6.80. The molecule has 1 heterocycles. The van der Waals surface area contributed by atoms with Gasteiger partial charge in [0.1, 0.15) is 0 Å². The Morgan fingerprint density at radius 1 is 1.10 bits per heavy atom. The van der Waals surface area contributed by atoms with Crippen molar-refractivity contribution in [3.05, 3.63) is 70.3 Å². The van der Waals surface area contributed by atoms with E-state index in [1.54, 1.807) is 4.31 Å². The minimum absolute atomic E-state index is 0.0197. The first-order valence-corrected chi connectivity index (χ1v) is 12.9. The molecule has 0 spiro atoms. The Balaban J connectivity index is 1.32. The van der Waals surface area contributed by atoms with Crippen LogP contribution in [0.5, 0.6) is 0 Å². The third-order valence-corrected chi connectivity index (χ3v) is 8.63. The van der Waals surface area contributed by atoms with Gasteiger partial charge in [-0.2, -0.15) is 0 Å². The van der Waals surface area contributed by atoms with E-state index in [9.17, 15) is 13.2 Å². The summed E-state index contributed by atoms with van der Waals surface area (Å²) in [5.41, 5.74) is 5.81. The molecule has 0 aromatic heterocycles. The van der Waals surface area contributed by atoms with Crippen LogP contribution in [0.15, 0.2) is 42.5 Å². The number of nitrogens with one attached hydrogen (secondary N) is 1. The molecule has 6 heteroatoms. The molecule has 166 valence electrons. The molecule has 1 aliphatic carbocycles. The van der Waals surface area contributed by atoms with Crippen molar-refractivity contribution in [3.63, 3.8) is 0 Å². The van der Waals surface area contributed by atoms with Gasteiger partial charge in [0.05, 0.1) is 11.8 Å². The van der Waals surface area contributed by atoms with Crippen molar-refractivity contribution in [1.82, 2.24) is 9.62 Å². The third kappa shape index (κ3) is 5.01. The highest BCUT2D eigenvalue weighted by Gasteiger charge is 2.32. The van der Waals surface area contributed by atoms with Gasteiger partial charge in [-0.3, -0.25) is 4.79 Å². The van der Waals surface area contributed by atoms with Crippen LogP contribution in [0.1, 0.15) is 60.0 Å². The van der Waals surface area contributed by atoms with Gasteiger partial charge in [0.15, 0.2) is 0 Å². The lowest BCUT2D eigenvalue weighted by molar-refractivity contribution is -0.126. The number of rotatable bonds is 6. The molecule has 1 N–H and O–H groups in total. The zero-order valence-electron chi connectivity index (χ0n) is 18.4. The largest absolute Gasteiger partial charge is 0.349 e. The van der Waals surface area contributed by atoms with Crippen LogP contribution in [0, 0.1) is 12.8 Å². The second-order valence-corrected chi connectivity index (χ2v) is 10.9. The summed E-state index contributed by atoms with van der Waals surface area (Å²) in [6, 6.07) is 14.1. The molecule has 0 saturated carbocycles. The van der Waals surface area contributed by atoms with Gasteiger partial charge < -0.3 is 5.32 Å². The summed E-state index contributed by atoms with van der Waals surface area (Å²) in [5, 5.41) is 3.15. The molecule has 2 aromatic rings. The number of amides is 1. The molecule has 0 radical (unpaired) electrons. The van der Waals surface area contributed by atoms with Crippen LogP contribution in [0.4, 0.5) is 0 Å². The van der Waals surface area contributed by atoms with Crippen LogP contribution in [0.3, 0.4) is 0 Å². The van der Waals surface area contributed by atoms with Crippen molar-refractivity contribution < 1.29 is 13.2 Å². The number of hydrogen-bond acceptors (Lipinski definition) is 3. The van der Waals surface area contributed by atoms with Crippen molar-refractivity contribution in [2.24, 2.45) is 5.92 Å². The summed E-state index contributed by atoms with van der Waals surface area (Å²) in [7, 11) is -3.38. The van der Waals surface area contributed by atoms with Gasteiger partial charge in [-0.25, -0.2) is 12.7 Å². The van der Waals surface area contributed by atoms with Gasteiger partial charge in [-0.1, -0.05) is 42.5 Å². The molecule has 1 atom stereocenters. The number of fused-ring (bicyclic) bond motifs is 1. The molecular weight excluding hydrogens is 408 g/mol. The predicted molar refractivity (Wildman–Crippen MR) is 123 cm³/mol. The molecule has 1 amide bonds.